The normalized spacial score (nSPS) is 42.9. The van der Waals surface area contributed by atoms with Crippen LogP contribution in [0, 0.1) is 29.1 Å². The highest BCUT2D eigenvalue weighted by Gasteiger charge is 2.52. The molecule has 0 bridgehead atoms. The summed E-state index contributed by atoms with van der Waals surface area (Å²) in [4.78, 5) is 12.7. The summed E-state index contributed by atoms with van der Waals surface area (Å²) >= 11 is 0. The van der Waals surface area contributed by atoms with E-state index in [1.165, 1.54) is 25.7 Å². The minimum Gasteiger partial charge on any atom is -0.299 e. The van der Waals surface area contributed by atoms with Crippen LogP contribution in [0.15, 0.2) is 12.2 Å². The molecule has 4 atom stereocenters. The van der Waals surface area contributed by atoms with Crippen LogP contribution >= 0.6 is 0 Å². The van der Waals surface area contributed by atoms with E-state index in [4.69, 9.17) is 0 Å². The molecular weight excluding hydrogens is 208 g/mol. The molecule has 1 spiro atoms. The highest BCUT2D eigenvalue weighted by atomic mass is 16.1. The maximum atomic E-state index is 12.7. The van der Waals surface area contributed by atoms with Crippen LogP contribution in [0.5, 0.6) is 0 Å². The van der Waals surface area contributed by atoms with Gasteiger partial charge in [-0.3, -0.25) is 4.79 Å². The quantitative estimate of drug-likeness (QED) is 0.658. The molecule has 0 aromatic heterocycles. The van der Waals surface area contributed by atoms with Gasteiger partial charge in [-0.25, -0.2) is 0 Å². The molecule has 94 valence electrons. The molecular formula is C16H24O. The van der Waals surface area contributed by atoms with E-state index in [2.05, 4.69) is 26.0 Å². The van der Waals surface area contributed by atoms with Gasteiger partial charge in [0.2, 0.25) is 0 Å². The third-order valence-corrected chi connectivity index (χ3v) is 5.53. The van der Waals surface area contributed by atoms with Crippen molar-refractivity contribution in [3.63, 3.8) is 0 Å². The van der Waals surface area contributed by atoms with Crippen molar-refractivity contribution >= 4 is 5.78 Å². The number of hydrogen-bond donors (Lipinski definition) is 0. The number of carbonyl (C=O) groups excluding carboxylic acids is 1. The Morgan fingerprint density at radius 1 is 1.24 bits per heavy atom. The van der Waals surface area contributed by atoms with Crippen LogP contribution in [-0.4, -0.2) is 5.78 Å². The van der Waals surface area contributed by atoms with Gasteiger partial charge in [0, 0.05) is 11.8 Å². The van der Waals surface area contributed by atoms with Crippen LogP contribution in [0.1, 0.15) is 52.4 Å². The predicted octanol–water partition coefficient (Wildman–Crippen LogP) is 3.98. The summed E-state index contributed by atoms with van der Waals surface area (Å²) in [6.07, 6.45) is 12.2. The molecule has 3 aliphatic carbocycles. The predicted molar refractivity (Wildman–Crippen MR) is 69.6 cm³/mol. The first-order valence-electron chi connectivity index (χ1n) is 7.34. The van der Waals surface area contributed by atoms with Crippen LogP contribution in [0.2, 0.25) is 0 Å². The second-order valence-electron chi connectivity index (χ2n) is 6.76. The monoisotopic (exact) mass is 232 g/mol. The van der Waals surface area contributed by atoms with Gasteiger partial charge in [-0.15, -0.1) is 0 Å². The standard InChI is InChI=1S/C16H24O/c1-11-6-5-9-16(7-3-4-8-16)14(11)15(17)13-10-12(13)2/h5-6,11-14H,3-4,7-10H2,1-2H3/t11-,12?,13?,14-/m1/s1. The van der Waals surface area contributed by atoms with Gasteiger partial charge in [0.25, 0.3) is 0 Å². The highest BCUT2D eigenvalue weighted by molar-refractivity contribution is 5.87. The molecule has 1 heteroatoms. The number of carbonyl (C=O) groups is 1. The van der Waals surface area contributed by atoms with Crippen molar-refractivity contribution in [2.75, 3.05) is 0 Å². The van der Waals surface area contributed by atoms with Crippen molar-refractivity contribution in [3.8, 4) is 0 Å². The Labute approximate surface area is 105 Å². The van der Waals surface area contributed by atoms with E-state index in [9.17, 15) is 4.79 Å². The van der Waals surface area contributed by atoms with E-state index < -0.39 is 0 Å². The summed E-state index contributed by atoms with van der Waals surface area (Å²) in [5.41, 5.74) is 0.355. The Hall–Kier alpha value is -0.590. The fraction of sp³-hybridized carbons (Fsp3) is 0.812. The van der Waals surface area contributed by atoms with Crippen molar-refractivity contribution in [3.05, 3.63) is 12.2 Å². The molecule has 0 aliphatic heterocycles. The Morgan fingerprint density at radius 3 is 2.47 bits per heavy atom. The lowest BCUT2D eigenvalue weighted by Gasteiger charge is -2.42. The van der Waals surface area contributed by atoms with E-state index in [0.29, 0.717) is 34.9 Å². The van der Waals surface area contributed by atoms with E-state index in [1.807, 2.05) is 0 Å². The van der Waals surface area contributed by atoms with Crippen molar-refractivity contribution < 1.29 is 4.79 Å². The second kappa shape index (κ2) is 3.96. The van der Waals surface area contributed by atoms with Gasteiger partial charge in [0.05, 0.1) is 0 Å². The Balaban J connectivity index is 1.87. The van der Waals surface area contributed by atoms with Gasteiger partial charge in [-0.2, -0.15) is 0 Å². The first-order valence-corrected chi connectivity index (χ1v) is 7.34. The maximum Gasteiger partial charge on any atom is 0.140 e. The number of rotatable bonds is 2. The SMILES string of the molecule is CC1CC1C(=O)[C@H]1[C@H](C)C=CCC12CCCC2. The molecule has 0 aromatic rings. The van der Waals surface area contributed by atoms with Crippen LogP contribution in [0.3, 0.4) is 0 Å². The topological polar surface area (TPSA) is 17.1 Å². The number of Topliss-reactive ketones (excluding diaryl/α,β-unsaturated/α-hetero) is 1. The largest absolute Gasteiger partial charge is 0.299 e. The zero-order valence-corrected chi connectivity index (χ0v) is 11.1. The maximum absolute atomic E-state index is 12.7. The minimum atomic E-state index is 0.338. The third kappa shape index (κ3) is 1.78. The lowest BCUT2D eigenvalue weighted by Crippen LogP contribution is -2.40. The average Bonchev–Trinajstić information content (AvgIpc) is 2.84. The van der Waals surface area contributed by atoms with Crippen LogP contribution in [0.4, 0.5) is 0 Å². The number of allylic oxidation sites excluding steroid dienone is 2. The zero-order chi connectivity index (χ0) is 12.0. The van der Waals surface area contributed by atoms with E-state index in [0.717, 1.165) is 12.8 Å². The highest BCUT2D eigenvalue weighted by Crippen LogP contribution is 2.55. The van der Waals surface area contributed by atoms with E-state index in [-0.39, 0.29) is 0 Å². The molecule has 2 saturated carbocycles. The fourth-order valence-electron chi connectivity index (χ4n) is 4.42. The summed E-state index contributed by atoms with van der Waals surface area (Å²) < 4.78 is 0. The molecule has 0 radical (unpaired) electrons. The molecule has 1 nitrogen and oxygen atoms in total. The number of ketones is 1. The molecule has 0 aromatic carbocycles. The third-order valence-electron chi connectivity index (χ3n) is 5.53. The fourth-order valence-corrected chi connectivity index (χ4v) is 4.42. The molecule has 0 N–H and O–H groups in total. The molecule has 0 saturated heterocycles. The van der Waals surface area contributed by atoms with Crippen LogP contribution in [-0.2, 0) is 4.79 Å². The molecule has 2 unspecified atom stereocenters. The van der Waals surface area contributed by atoms with Gasteiger partial charge in [0.1, 0.15) is 5.78 Å². The van der Waals surface area contributed by atoms with E-state index >= 15 is 0 Å². The second-order valence-corrected chi connectivity index (χ2v) is 6.76. The van der Waals surface area contributed by atoms with Crippen molar-refractivity contribution in [2.45, 2.75) is 52.4 Å². The smallest absolute Gasteiger partial charge is 0.140 e. The summed E-state index contributed by atoms with van der Waals surface area (Å²) in [7, 11) is 0. The molecule has 0 heterocycles. The van der Waals surface area contributed by atoms with Gasteiger partial charge >= 0.3 is 0 Å². The molecule has 0 amide bonds. The summed E-state index contributed by atoms with van der Waals surface area (Å²) in [5.74, 6) is 2.49. The zero-order valence-electron chi connectivity index (χ0n) is 11.1. The molecule has 3 aliphatic rings. The first-order chi connectivity index (χ1) is 8.14. The van der Waals surface area contributed by atoms with Gasteiger partial charge < -0.3 is 0 Å². The molecule has 3 rings (SSSR count). The van der Waals surface area contributed by atoms with E-state index in [1.54, 1.807) is 0 Å². The number of hydrogen-bond acceptors (Lipinski definition) is 1. The lowest BCUT2D eigenvalue weighted by atomic mass is 9.61. The van der Waals surface area contributed by atoms with Gasteiger partial charge in [-0.1, -0.05) is 38.8 Å². The van der Waals surface area contributed by atoms with Crippen molar-refractivity contribution in [1.82, 2.24) is 0 Å². The summed E-state index contributed by atoms with van der Waals surface area (Å²) in [6, 6.07) is 0. The van der Waals surface area contributed by atoms with Crippen molar-refractivity contribution in [2.24, 2.45) is 29.1 Å². The lowest BCUT2D eigenvalue weighted by molar-refractivity contribution is -0.130. The Bertz CT molecular complexity index is 349. The Morgan fingerprint density at radius 2 is 1.88 bits per heavy atom. The van der Waals surface area contributed by atoms with Crippen molar-refractivity contribution in [1.29, 1.82) is 0 Å². The summed E-state index contributed by atoms with van der Waals surface area (Å²) in [5, 5.41) is 0. The van der Waals surface area contributed by atoms with Crippen LogP contribution in [0.25, 0.3) is 0 Å². The van der Waals surface area contributed by atoms with Gasteiger partial charge in [0.15, 0.2) is 0 Å². The average molecular weight is 232 g/mol. The van der Waals surface area contributed by atoms with Crippen LogP contribution < -0.4 is 0 Å². The summed E-state index contributed by atoms with van der Waals surface area (Å²) in [6.45, 7) is 4.48. The first kappa shape index (κ1) is 11.5. The molecule has 2 fully saturated rings. The minimum absolute atomic E-state index is 0.338. The Kier molecular flexibility index (Phi) is 2.68. The molecule has 17 heavy (non-hydrogen) atoms. The van der Waals surface area contributed by atoms with Gasteiger partial charge in [-0.05, 0) is 42.9 Å².